The van der Waals surface area contributed by atoms with Crippen molar-refractivity contribution in [1.29, 1.82) is 0 Å². The maximum atomic E-state index is 5.37. The maximum Gasteiger partial charge on any atom is 0.177 e. The molecule has 0 bridgehead atoms. The van der Waals surface area contributed by atoms with Crippen molar-refractivity contribution in [1.82, 2.24) is 20.3 Å². The van der Waals surface area contributed by atoms with Gasteiger partial charge in [0.25, 0.3) is 0 Å². The zero-order valence-electron chi connectivity index (χ0n) is 12.1. The average Bonchev–Trinajstić information content (AvgIpc) is 3.17. The van der Waals surface area contributed by atoms with Gasteiger partial charge in [-0.05, 0) is 30.9 Å². The van der Waals surface area contributed by atoms with E-state index in [1.54, 1.807) is 11.3 Å². The first kappa shape index (κ1) is 14.0. The standard InChI is InChI=1S/C15H18N4OS/c1-11-7-17-19(9-11)10-12(2)16-8-13-6-14(20-18-13)15-4-3-5-21-15/h3-7,9,12,16H,8,10H2,1-2H3/t12-/m0/s1. The summed E-state index contributed by atoms with van der Waals surface area (Å²) in [7, 11) is 0. The van der Waals surface area contributed by atoms with E-state index in [9.17, 15) is 0 Å². The largest absolute Gasteiger partial charge is 0.355 e. The van der Waals surface area contributed by atoms with Gasteiger partial charge in [0.05, 0.1) is 23.3 Å². The Morgan fingerprint density at radius 2 is 2.38 bits per heavy atom. The Morgan fingerprint density at radius 1 is 1.48 bits per heavy atom. The summed E-state index contributed by atoms with van der Waals surface area (Å²) in [6, 6.07) is 6.34. The minimum Gasteiger partial charge on any atom is -0.355 e. The smallest absolute Gasteiger partial charge is 0.177 e. The average molecular weight is 302 g/mol. The Balaban J connectivity index is 1.53. The number of nitrogens with one attached hydrogen (secondary N) is 1. The van der Waals surface area contributed by atoms with Crippen molar-refractivity contribution in [2.24, 2.45) is 0 Å². The molecule has 0 amide bonds. The van der Waals surface area contributed by atoms with Crippen molar-refractivity contribution >= 4 is 11.3 Å². The Kier molecular flexibility index (Phi) is 4.17. The molecule has 0 saturated heterocycles. The number of thiophene rings is 1. The molecule has 6 heteroatoms. The SMILES string of the molecule is Cc1cnn(C[C@H](C)NCc2cc(-c3cccs3)on2)c1. The first-order valence-corrected chi connectivity index (χ1v) is 7.80. The van der Waals surface area contributed by atoms with Gasteiger partial charge in [-0.2, -0.15) is 5.10 Å². The lowest BCUT2D eigenvalue weighted by molar-refractivity contribution is 0.407. The van der Waals surface area contributed by atoms with Crippen LogP contribution in [0.3, 0.4) is 0 Å². The van der Waals surface area contributed by atoms with Crippen LogP contribution in [0.15, 0.2) is 40.5 Å². The molecule has 3 rings (SSSR count). The molecule has 1 atom stereocenters. The molecule has 3 heterocycles. The van der Waals surface area contributed by atoms with Crippen molar-refractivity contribution in [3.8, 4) is 10.6 Å². The molecule has 0 fully saturated rings. The molecule has 0 aliphatic carbocycles. The van der Waals surface area contributed by atoms with Crippen molar-refractivity contribution < 1.29 is 4.52 Å². The van der Waals surface area contributed by atoms with Crippen LogP contribution in [0.2, 0.25) is 0 Å². The van der Waals surface area contributed by atoms with Crippen LogP contribution in [0.25, 0.3) is 10.6 Å². The molecule has 0 unspecified atom stereocenters. The summed E-state index contributed by atoms with van der Waals surface area (Å²) in [5.74, 6) is 0.831. The number of hydrogen-bond acceptors (Lipinski definition) is 5. The molecule has 3 aromatic heterocycles. The van der Waals surface area contributed by atoms with Gasteiger partial charge in [0.15, 0.2) is 5.76 Å². The van der Waals surface area contributed by atoms with Crippen molar-refractivity contribution in [3.05, 3.63) is 47.2 Å². The fourth-order valence-electron chi connectivity index (χ4n) is 2.12. The van der Waals surface area contributed by atoms with E-state index in [1.165, 1.54) is 5.56 Å². The summed E-state index contributed by atoms with van der Waals surface area (Å²) < 4.78 is 7.32. The summed E-state index contributed by atoms with van der Waals surface area (Å²) in [6.07, 6.45) is 3.92. The fraction of sp³-hybridized carbons (Fsp3) is 0.333. The molecule has 3 aromatic rings. The second-order valence-electron chi connectivity index (χ2n) is 5.18. The summed E-state index contributed by atoms with van der Waals surface area (Å²) in [4.78, 5) is 1.11. The van der Waals surface area contributed by atoms with Crippen molar-refractivity contribution in [2.45, 2.75) is 33.0 Å². The van der Waals surface area contributed by atoms with Crippen LogP contribution < -0.4 is 5.32 Å². The molecule has 110 valence electrons. The van der Waals surface area contributed by atoms with E-state index < -0.39 is 0 Å². The van der Waals surface area contributed by atoms with E-state index in [2.05, 4.69) is 22.5 Å². The monoisotopic (exact) mass is 302 g/mol. The van der Waals surface area contributed by atoms with Crippen LogP contribution in [0.1, 0.15) is 18.2 Å². The van der Waals surface area contributed by atoms with E-state index in [0.717, 1.165) is 22.9 Å². The van der Waals surface area contributed by atoms with Gasteiger partial charge in [-0.1, -0.05) is 11.2 Å². The Morgan fingerprint density at radius 3 is 3.10 bits per heavy atom. The number of rotatable bonds is 6. The molecule has 5 nitrogen and oxygen atoms in total. The highest BCUT2D eigenvalue weighted by atomic mass is 32.1. The third kappa shape index (κ3) is 3.59. The van der Waals surface area contributed by atoms with Crippen LogP contribution in [-0.4, -0.2) is 21.0 Å². The Hall–Kier alpha value is -1.92. The maximum absolute atomic E-state index is 5.37. The third-order valence-corrected chi connectivity index (χ3v) is 4.06. The fourth-order valence-corrected chi connectivity index (χ4v) is 2.79. The summed E-state index contributed by atoms with van der Waals surface area (Å²) in [5.41, 5.74) is 2.10. The highest BCUT2D eigenvalue weighted by molar-refractivity contribution is 7.13. The molecule has 0 spiro atoms. The lowest BCUT2D eigenvalue weighted by Crippen LogP contribution is -2.30. The zero-order valence-corrected chi connectivity index (χ0v) is 12.9. The zero-order chi connectivity index (χ0) is 14.7. The van der Waals surface area contributed by atoms with Gasteiger partial charge in [0, 0.05) is 24.8 Å². The minimum atomic E-state index is 0.311. The van der Waals surface area contributed by atoms with Crippen LogP contribution in [0.5, 0.6) is 0 Å². The van der Waals surface area contributed by atoms with Crippen LogP contribution >= 0.6 is 11.3 Å². The predicted molar refractivity (Wildman–Crippen MR) is 83.1 cm³/mol. The second kappa shape index (κ2) is 6.24. The van der Waals surface area contributed by atoms with Crippen molar-refractivity contribution in [3.63, 3.8) is 0 Å². The molecule has 0 aliphatic heterocycles. The second-order valence-corrected chi connectivity index (χ2v) is 6.13. The summed E-state index contributed by atoms with van der Waals surface area (Å²) in [5, 5.41) is 13.9. The molecule has 1 N–H and O–H groups in total. The summed E-state index contributed by atoms with van der Waals surface area (Å²) in [6.45, 7) is 5.71. The van der Waals surface area contributed by atoms with Gasteiger partial charge < -0.3 is 9.84 Å². The predicted octanol–water partition coefficient (Wildman–Crippen LogP) is 3.09. The van der Waals surface area contributed by atoms with E-state index >= 15 is 0 Å². The van der Waals surface area contributed by atoms with Gasteiger partial charge in [-0.3, -0.25) is 4.68 Å². The number of nitrogens with zero attached hydrogens (tertiary/aromatic N) is 3. The van der Waals surface area contributed by atoms with Gasteiger partial charge in [-0.15, -0.1) is 11.3 Å². The quantitative estimate of drug-likeness (QED) is 0.760. The topological polar surface area (TPSA) is 55.9 Å². The van der Waals surface area contributed by atoms with Gasteiger partial charge in [0.1, 0.15) is 0 Å². The lowest BCUT2D eigenvalue weighted by atomic mass is 10.3. The Labute approximate surface area is 127 Å². The molecule has 21 heavy (non-hydrogen) atoms. The van der Waals surface area contributed by atoms with Crippen molar-refractivity contribution in [2.75, 3.05) is 0 Å². The minimum absolute atomic E-state index is 0.311. The van der Waals surface area contributed by atoms with Crippen LogP contribution in [0, 0.1) is 6.92 Å². The van der Waals surface area contributed by atoms with E-state index in [-0.39, 0.29) is 0 Å². The van der Waals surface area contributed by atoms with E-state index in [0.29, 0.717) is 12.6 Å². The molecule has 0 aliphatic rings. The molecule has 0 saturated carbocycles. The number of hydrogen-bond donors (Lipinski definition) is 1. The number of aryl methyl sites for hydroxylation is 1. The normalized spacial score (nSPS) is 12.7. The highest BCUT2D eigenvalue weighted by Gasteiger charge is 2.09. The van der Waals surface area contributed by atoms with Gasteiger partial charge >= 0.3 is 0 Å². The van der Waals surface area contributed by atoms with E-state index in [1.807, 2.05) is 47.6 Å². The van der Waals surface area contributed by atoms with Crippen LogP contribution in [-0.2, 0) is 13.1 Å². The van der Waals surface area contributed by atoms with E-state index in [4.69, 9.17) is 4.52 Å². The van der Waals surface area contributed by atoms with Gasteiger partial charge in [0.2, 0.25) is 0 Å². The third-order valence-electron chi connectivity index (χ3n) is 3.18. The highest BCUT2D eigenvalue weighted by Crippen LogP contribution is 2.24. The first-order valence-electron chi connectivity index (χ1n) is 6.92. The molecule has 0 aromatic carbocycles. The first-order chi connectivity index (χ1) is 10.2. The molecular weight excluding hydrogens is 284 g/mol. The molecular formula is C15H18N4OS. The Bertz CT molecular complexity index is 686. The van der Waals surface area contributed by atoms with Crippen LogP contribution in [0.4, 0.5) is 0 Å². The van der Waals surface area contributed by atoms with Gasteiger partial charge in [-0.25, -0.2) is 0 Å². The number of aromatic nitrogens is 3. The lowest BCUT2D eigenvalue weighted by Gasteiger charge is -2.12. The summed E-state index contributed by atoms with van der Waals surface area (Å²) >= 11 is 1.65. The molecule has 0 radical (unpaired) electrons.